The van der Waals surface area contributed by atoms with E-state index in [0.717, 1.165) is 5.69 Å². The Morgan fingerprint density at radius 1 is 1.36 bits per heavy atom. The van der Waals surface area contributed by atoms with Gasteiger partial charge in [-0.05, 0) is 22.6 Å². The number of rotatable bonds is 2. The molecular weight excluding hydrogens is 246 g/mol. The van der Waals surface area contributed by atoms with Gasteiger partial charge in [-0.2, -0.15) is 5.10 Å². The molecule has 2 unspecified atom stereocenters. The fourth-order valence-corrected chi connectivity index (χ4v) is 1.41. The largest absolute Gasteiger partial charge is 0.199 e. The minimum Gasteiger partial charge on any atom is -0.152 e. The van der Waals surface area contributed by atoms with Gasteiger partial charge in [0.15, 0.2) is 5.65 Å². The molecule has 0 aromatic carbocycles. The van der Waals surface area contributed by atoms with Crippen LogP contribution in [0.3, 0.4) is 0 Å². The lowest BCUT2D eigenvalue weighted by atomic mass is 10.1. The van der Waals surface area contributed by atoms with E-state index in [4.69, 9.17) is 0 Å². The van der Waals surface area contributed by atoms with Crippen molar-refractivity contribution in [2.75, 3.05) is 0 Å². The summed E-state index contributed by atoms with van der Waals surface area (Å²) in [6.45, 7) is 4.20. The van der Waals surface area contributed by atoms with Crippen LogP contribution in [0.1, 0.15) is 25.5 Å². The maximum Gasteiger partial charge on any atom is 0.199 e. The topological polar surface area (TPSA) is 56.0 Å². The summed E-state index contributed by atoms with van der Waals surface area (Å²) >= 11 is 3.53. The van der Waals surface area contributed by atoms with Crippen molar-refractivity contribution in [2.45, 2.75) is 24.6 Å². The molecule has 6 heteroatoms. The van der Waals surface area contributed by atoms with E-state index in [1.165, 1.54) is 4.63 Å². The number of fused-ring (bicyclic) bond motifs is 1. The third-order valence-electron chi connectivity index (χ3n) is 2.25. The Hall–Kier alpha value is -1.04. The van der Waals surface area contributed by atoms with Crippen molar-refractivity contribution in [1.82, 2.24) is 25.3 Å². The zero-order chi connectivity index (χ0) is 10.1. The van der Waals surface area contributed by atoms with Gasteiger partial charge in [-0.15, -0.1) is 9.73 Å². The van der Waals surface area contributed by atoms with Gasteiger partial charge in [-0.3, -0.25) is 0 Å². The molecule has 2 atom stereocenters. The average Bonchev–Trinajstić information content (AvgIpc) is 2.62. The summed E-state index contributed by atoms with van der Waals surface area (Å²) in [5.41, 5.74) is 1.65. The van der Waals surface area contributed by atoms with Gasteiger partial charge in [0.2, 0.25) is 0 Å². The molecule has 0 fully saturated rings. The highest BCUT2D eigenvalue weighted by Gasteiger charge is 2.13. The zero-order valence-electron chi connectivity index (χ0n) is 7.92. The Morgan fingerprint density at radius 2 is 2.14 bits per heavy atom. The number of aromatic nitrogens is 5. The molecule has 0 radical (unpaired) electrons. The second-order valence-electron chi connectivity index (χ2n) is 3.25. The Balaban J connectivity index is 2.43. The summed E-state index contributed by atoms with van der Waals surface area (Å²) in [4.78, 5) is 0.379. The van der Waals surface area contributed by atoms with Gasteiger partial charge in [-0.1, -0.05) is 29.8 Å². The SMILES string of the molecule is CC(Br)C(C)c1ccc2nnnn2n1. The first-order chi connectivity index (χ1) is 6.68. The lowest BCUT2D eigenvalue weighted by molar-refractivity contribution is 0.658. The molecule has 2 aromatic heterocycles. The van der Waals surface area contributed by atoms with Crippen LogP contribution in [0.25, 0.3) is 5.65 Å². The highest BCUT2D eigenvalue weighted by molar-refractivity contribution is 9.09. The van der Waals surface area contributed by atoms with E-state index in [1.54, 1.807) is 0 Å². The lowest BCUT2D eigenvalue weighted by Crippen LogP contribution is -2.09. The van der Waals surface area contributed by atoms with Gasteiger partial charge in [0.1, 0.15) is 0 Å². The summed E-state index contributed by atoms with van der Waals surface area (Å²) in [5, 5.41) is 15.4. The molecule has 0 saturated heterocycles. The minimum absolute atomic E-state index is 0.337. The molecule has 0 spiro atoms. The Labute approximate surface area is 89.6 Å². The third-order valence-corrected chi connectivity index (χ3v) is 3.04. The summed E-state index contributed by atoms with van der Waals surface area (Å²) < 4.78 is 1.45. The van der Waals surface area contributed by atoms with E-state index in [1.807, 2.05) is 12.1 Å². The number of tetrazole rings is 1. The maximum atomic E-state index is 4.31. The molecule has 0 aliphatic carbocycles. The van der Waals surface area contributed by atoms with E-state index in [2.05, 4.69) is 50.4 Å². The molecule has 0 saturated carbocycles. The minimum atomic E-state index is 0.337. The normalized spacial score (nSPS) is 15.6. The smallest absolute Gasteiger partial charge is 0.152 e. The van der Waals surface area contributed by atoms with Crippen LogP contribution < -0.4 is 0 Å². The number of nitrogens with zero attached hydrogens (tertiary/aromatic N) is 5. The fourth-order valence-electron chi connectivity index (χ4n) is 1.14. The summed E-state index contributed by atoms with van der Waals surface area (Å²) in [7, 11) is 0. The van der Waals surface area contributed by atoms with Crippen LogP contribution in [0.5, 0.6) is 0 Å². The Morgan fingerprint density at radius 3 is 2.86 bits per heavy atom. The fraction of sp³-hybridized carbons (Fsp3) is 0.500. The van der Waals surface area contributed by atoms with Crippen LogP contribution in [-0.2, 0) is 0 Å². The van der Waals surface area contributed by atoms with Gasteiger partial charge < -0.3 is 0 Å². The second-order valence-corrected chi connectivity index (χ2v) is 4.70. The van der Waals surface area contributed by atoms with Gasteiger partial charge in [0.05, 0.1) is 5.69 Å². The quantitative estimate of drug-likeness (QED) is 0.762. The molecule has 0 N–H and O–H groups in total. The lowest BCUT2D eigenvalue weighted by Gasteiger charge is -2.12. The summed E-state index contributed by atoms with van der Waals surface area (Å²) in [6, 6.07) is 3.82. The van der Waals surface area contributed by atoms with Crippen LogP contribution in [0.2, 0.25) is 0 Å². The molecule has 2 rings (SSSR count). The first-order valence-electron chi connectivity index (χ1n) is 4.38. The van der Waals surface area contributed by atoms with E-state index >= 15 is 0 Å². The molecule has 0 amide bonds. The van der Waals surface area contributed by atoms with Gasteiger partial charge >= 0.3 is 0 Å². The number of hydrogen-bond acceptors (Lipinski definition) is 4. The molecule has 74 valence electrons. The summed E-state index contributed by atoms with van der Waals surface area (Å²) in [5.74, 6) is 0.337. The van der Waals surface area contributed by atoms with Gasteiger partial charge in [-0.25, -0.2) is 0 Å². The zero-order valence-corrected chi connectivity index (χ0v) is 9.51. The van der Waals surface area contributed by atoms with Gasteiger partial charge in [0, 0.05) is 10.7 Å². The number of hydrogen-bond donors (Lipinski definition) is 0. The molecule has 5 nitrogen and oxygen atoms in total. The molecule has 0 aliphatic heterocycles. The molecule has 0 aliphatic rings. The highest BCUT2D eigenvalue weighted by atomic mass is 79.9. The van der Waals surface area contributed by atoms with Crippen LogP contribution in [0, 0.1) is 0 Å². The molecule has 2 aromatic rings. The Bertz CT molecular complexity index is 438. The standard InChI is InChI=1S/C8H10BrN5/c1-5(6(2)9)7-3-4-8-10-12-13-14(8)11-7/h3-6H,1-2H3. The van der Waals surface area contributed by atoms with E-state index in [0.29, 0.717) is 16.4 Å². The number of halogens is 1. The first kappa shape index (κ1) is 9.51. The monoisotopic (exact) mass is 255 g/mol. The van der Waals surface area contributed by atoms with Crippen molar-refractivity contribution in [3.8, 4) is 0 Å². The molecular formula is C8H10BrN5. The van der Waals surface area contributed by atoms with E-state index in [-0.39, 0.29) is 0 Å². The Kier molecular flexibility index (Phi) is 2.45. The first-order valence-corrected chi connectivity index (χ1v) is 5.29. The van der Waals surface area contributed by atoms with E-state index < -0.39 is 0 Å². The van der Waals surface area contributed by atoms with Crippen LogP contribution in [-0.4, -0.2) is 30.1 Å². The third kappa shape index (κ3) is 1.61. The molecule has 0 bridgehead atoms. The highest BCUT2D eigenvalue weighted by Crippen LogP contribution is 2.21. The van der Waals surface area contributed by atoms with Crippen molar-refractivity contribution in [3.05, 3.63) is 17.8 Å². The second kappa shape index (κ2) is 3.61. The van der Waals surface area contributed by atoms with Crippen molar-refractivity contribution < 1.29 is 0 Å². The van der Waals surface area contributed by atoms with E-state index in [9.17, 15) is 0 Å². The number of alkyl halides is 1. The van der Waals surface area contributed by atoms with Crippen LogP contribution >= 0.6 is 15.9 Å². The maximum absolute atomic E-state index is 4.31. The van der Waals surface area contributed by atoms with Crippen molar-refractivity contribution in [1.29, 1.82) is 0 Å². The van der Waals surface area contributed by atoms with Gasteiger partial charge in [0.25, 0.3) is 0 Å². The molecule has 14 heavy (non-hydrogen) atoms. The molecule has 2 heterocycles. The van der Waals surface area contributed by atoms with Crippen molar-refractivity contribution in [3.63, 3.8) is 0 Å². The van der Waals surface area contributed by atoms with Crippen molar-refractivity contribution >= 4 is 21.6 Å². The average molecular weight is 256 g/mol. The van der Waals surface area contributed by atoms with Crippen LogP contribution in [0.4, 0.5) is 0 Å². The predicted molar refractivity (Wildman–Crippen MR) is 55.4 cm³/mol. The predicted octanol–water partition coefficient (Wildman–Crippen LogP) is 1.41. The van der Waals surface area contributed by atoms with Crippen molar-refractivity contribution in [2.24, 2.45) is 0 Å². The van der Waals surface area contributed by atoms with Crippen LogP contribution in [0.15, 0.2) is 12.1 Å². The summed E-state index contributed by atoms with van der Waals surface area (Å²) in [6.07, 6.45) is 0.